The summed E-state index contributed by atoms with van der Waals surface area (Å²) in [5, 5.41) is 2.62. The molecule has 0 spiro atoms. The van der Waals surface area contributed by atoms with Crippen molar-refractivity contribution < 1.29 is 32.2 Å². The minimum atomic E-state index is -3.72. The third kappa shape index (κ3) is 5.63. The standard InChI is InChI=1S/C21H28N4O7S/c1-14-22-20(12-24(14)2)33(28,29)25-9-7-15(8-10-25)21(27)32-13-19(26)23-17-11-16(30-3)5-6-18(17)31-4/h5-6,11-12,15H,7-10,13H2,1-4H3,(H,23,26). The van der Waals surface area contributed by atoms with Gasteiger partial charge in [0.05, 0.1) is 25.8 Å². The largest absolute Gasteiger partial charge is 0.497 e. The van der Waals surface area contributed by atoms with E-state index in [2.05, 4.69) is 10.3 Å². The molecule has 2 heterocycles. The van der Waals surface area contributed by atoms with Crippen LogP contribution in [0.1, 0.15) is 18.7 Å². The van der Waals surface area contributed by atoms with Crippen LogP contribution in [0.5, 0.6) is 11.5 Å². The summed E-state index contributed by atoms with van der Waals surface area (Å²) in [7, 11) is 0.978. The molecule has 11 nitrogen and oxygen atoms in total. The van der Waals surface area contributed by atoms with Gasteiger partial charge in [-0.05, 0) is 31.9 Å². The van der Waals surface area contributed by atoms with Crippen molar-refractivity contribution in [3.05, 3.63) is 30.2 Å². The Hall–Kier alpha value is -3.12. The van der Waals surface area contributed by atoms with Crippen molar-refractivity contribution in [1.29, 1.82) is 0 Å². The second kappa shape index (κ2) is 10.2. The number of aryl methyl sites for hydroxylation is 2. The molecule has 0 unspecified atom stereocenters. The van der Waals surface area contributed by atoms with Gasteiger partial charge in [0.2, 0.25) is 0 Å². The molecule has 3 rings (SSSR count). The van der Waals surface area contributed by atoms with E-state index in [0.29, 0.717) is 35.9 Å². The first kappa shape index (κ1) is 24.5. The number of aromatic nitrogens is 2. The number of benzene rings is 1. The monoisotopic (exact) mass is 480 g/mol. The smallest absolute Gasteiger partial charge is 0.309 e. The zero-order valence-corrected chi connectivity index (χ0v) is 19.8. The number of sulfonamides is 1. The van der Waals surface area contributed by atoms with Crippen LogP contribution in [0, 0.1) is 12.8 Å². The number of ether oxygens (including phenoxy) is 3. The van der Waals surface area contributed by atoms with Gasteiger partial charge in [-0.1, -0.05) is 0 Å². The predicted octanol–water partition coefficient (Wildman–Crippen LogP) is 1.33. The van der Waals surface area contributed by atoms with Crippen molar-refractivity contribution in [3.63, 3.8) is 0 Å². The van der Waals surface area contributed by atoms with Gasteiger partial charge in [0.1, 0.15) is 17.3 Å². The number of rotatable bonds is 8. The maximum atomic E-state index is 12.8. The number of nitrogens with one attached hydrogen (secondary N) is 1. The van der Waals surface area contributed by atoms with Crippen molar-refractivity contribution in [2.24, 2.45) is 13.0 Å². The maximum Gasteiger partial charge on any atom is 0.309 e. The van der Waals surface area contributed by atoms with E-state index in [4.69, 9.17) is 14.2 Å². The third-order valence-electron chi connectivity index (χ3n) is 5.50. The van der Waals surface area contributed by atoms with Crippen molar-refractivity contribution in [3.8, 4) is 11.5 Å². The van der Waals surface area contributed by atoms with E-state index in [1.54, 1.807) is 36.7 Å². The van der Waals surface area contributed by atoms with Crippen molar-refractivity contribution in [2.75, 3.05) is 39.2 Å². The summed E-state index contributed by atoms with van der Waals surface area (Å²) in [4.78, 5) is 28.8. The predicted molar refractivity (Wildman–Crippen MR) is 119 cm³/mol. The lowest BCUT2D eigenvalue weighted by Crippen LogP contribution is -2.41. The van der Waals surface area contributed by atoms with Crippen LogP contribution in [0.4, 0.5) is 5.69 Å². The van der Waals surface area contributed by atoms with E-state index in [0.717, 1.165) is 0 Å². The van der Waals surface area contributed by atoms with Gasteiger partial charge in [-0.25, -0.2) is 13.4 Å². The molecular weight excluding hydrogens is 452 g/mol. The Morgan fingerprint density at radius 1 is 1.18 bits per heavy atom. The molecule has 2 aromatic rings. The number of nitrogens with zero attached hydrogens (tertiary/aromatic N) is 3. The maximum absolute atomic E-state index is 12.8. The molecule has 12 heteroatoms. The minimum absolute atomic E-state index is 0.00633. The van der Waals surface area contributed by atoms with Crippen molar-refractivity contribution in [1.82, 2.24) is 13.9 Å². The molecule has 1 saturated heterocycles. The van der Waals surface area contributed by atoms with Gasteiger partial charge in [0, 0.05) is 32.4 Å². The Kier molecular flexibility index (Phi) is 7.59. The Morgan fingerprint density at radius 2 is 1.88 bits per heavy atom. The molecule has 33 heavy (non-hydrogen) atoms. The molecule has 1 N–H and O–H groups in total. The fourth-order valence-electron chi connectivity index (χ4n) is 3.47. The molecule has 1 aliphatic rings. The average Bonchev–Trinajstić information content (AvgIpc) is 3.16. The molecule has 1 fully saturated rings. The number of hydrogen-bond acceptors (Lipinski definition) is 8. The first-order chi connectivity index (χ1) is 15.6. The molecule has 0 radical (unpaired) electrons. The third-order valence-corrected chi connectivity index (χ3v) is 7.27. The summed E-state index contributed by atoms with van der Waals surface area (Å²) in [5.41, 5.74) is 0.390. The Balaban J connectivity index is 1.51. The molecule has 1 aliphatic heterocycles. The van der Waals surface area contributed by atoms with Gasteiger partial charge in [0.25, 0.3) is 15.9 Å². The van der Waals surface area contributed by atoms with Gasteiger partial charge >= 0.3 is 5.97 Å². The van der Waals surface area contributed by atoms with Gasteiger partial charge in [-0.2, -0.15) is 4.31 Å². The highest BCUT2D eigenvalue weighted by Gasteiger charge is 2.34. The highest BCUT2D eigenvalue weighted by Crippen LogP contribution is 2.29. The van der Waals surface area contributed by atoms with Crippen LogP contribution in [0.3, 0.4) is 0 Å². The second-order valence-corrected chi connectivity index (χ2v) is 9.52. The van der Waals surface area contributed by atoms with Crippen molar-refractivity contribution >= 4 is 27.6 Å². The molecule has 0 aliphatic carbocycles. The first-order valence-electron chi connectivity index (χ1n) is 10.3. The summed E-state index contributed by atoms with van der Waals surface area (Å²) < 4.78 is 44.0. The highest BCUT2D eigenvalue weighted by molar-refractivity contribution is 7.89. The molecule has 1 aromatic heterocycles. The lowest BCUT2D eigenvalue weighted by molar-refractivity contribution is -0.152. The Bertz CT molecular complexity index is 1100. The summed E-state index contributed by atoms with van der Waals surface area (Å²) in [5.74, 6) is 0.0182. The van der Waals surface area contributed by atoms with Crippen LogP contribution in [-0.4, -0.2) is 68.1 Å². The van der Waals surface area contributed by atoms with Crippen LogP contribution in [0.15, 0.2) is 29.4 Å². The molecule has 1 aromatic carbocycles. The Morgan fingerprint density at radius 3 is 2.45 bits per heavy atom. The fourth-order valence-corrected chi connectivity index (χ4v) is 4.96. The first-order valence-corrected chi connectivity index (χ1v) is 11.8. The number of carbonyl (C=O) groups excluding carboxylic acids is 2. The lowest BCUT2D eigenvalue weighted by atomic mass is 9.98. The second-order valence-electron chi connectivity index (χ2n) is 7.64. The van der Waals surface area contributed by atoms with Crippen LogP contribution < -0.4 is 14.8 Å². The molecule has 180 valence electrons. The van der Waals surface area contributed by atoms with E-state index < -0.39 is 34.4 Å². The number of piperidine rings is 1. The number of carbonyl (C=O) groups is 2. The van der Waals surface area contributed by atoms with E-state index in [1.807, 2.05) is 0 Å². The number of esters is 1. The average molecular weight is 481 g/mol. The van der Waals surface area contributed by atoms with Crippen LogP contribution in [0.2, 0.25) is 0 Å². The highest BCUT2D eigenvalue weighted by atomic mass is 32.2. The van der Waals surface area contributed by atoms with Crippen LogP contribution in [0.25, 0.3) is 0 Å². The van der Waals surface area contributed by atoms with E-state index in [9.17, 15) is 18.0 Å². The van der Waals surface area contributed by atoms with E-state index >= 15 is 0 Å². The summed E-state index contributed by atoms with van der Waals surface area (Å²) in [6.07, 6.45) is 2.07. The van der Waals surface area contributed by atoms with Gasteiger partial charge in [0.15, 0.2) is 11.6 Å². The number of amides is 1. The van der Waals surface area contributed by atoms with E-state index in [-0.39, 0.29) is 18.1 Å². The summed E-state index contributed by atoms with van der Waals surface area (Å²) in [6, 6.07) is 4.93. The van der Waals surface area contributed by atoms with E-state index in [1.165, 1.54) is 24.7 Å². The fraction of sp³-hybridized carbons (Fsp3) is 0.476. The van der Waals surface area contributed by atoms with Crippen LogP contribution in [-0.2, 0) is 31.4 Å². The Labute approximate surface area is 192 Å². The van der Waals surface area contributed by atoms with Gasteiger partial charge < -0.3 is 24.1 Å². The van der Waals surface area contributed by atoms with Gasteiger partial charge in [-0.3, -0.25) is 9.59 Å². The number of imidazole rings is 1. The lowest BCUT2D eigenvalue weighted by Gasteiger charge is -2.29. The van der Waals surface area contributed by atoms with Gasteiger partial charge in [-0.15, -0.1) is 0 Å². The molecular formula is C21H28N4O7S. The number of methoxy groups -OCH3 is 2. The topological polar surface area (TPSA) is 129 Å². The van der Waals surface area contributed by atoms with Crippen molar-refractivity contribution in [2.45, 2.75) is 24.8 Å². The van der Waals surface area contributed by atoms with Crippen LogP contribution >= 0.6 is 0 Å². The summed E-state index contributed by atoms with van der Waals surface area (Å²) in [6.45, 7) is 1.60. The SMILES string of the molecule is COc1ccc(OC)c(NC(=O)COC(=O)C2CCN(S(=O)(=O)c3cn(C)c(C)n3)CC2)c1. The normalized spacial score (nSPS) is 15.2. The number of hydrogen-bond donors (Lipinski definition) is 1. The zero-order valence-electron chi connectivity index (χ0n) is 19.0. The zero-order chi connectivity index (χ0) is 24.2. The molecule has 0 atom stereocenters. The minimum Gasteiger partial charge on any atom is -0.497 e. The molecule has 0 saturated carbocycles. The number of anilines is 1. The quantitative estimate of drug-likeness (QED) is 0.560. The molecule has 1 amide bonds. The molecule has 0 bridgehead atoms. The summed E-state index contributed by atoms with van der Waals surface area (Å²) >= 11 is 0.